The molecule has 2 aliphatic rings. The van der Waals surface area contributed by atoms with Crippen molar-refractivity contribution in [2.24, 2.45) is 0 Å². The average molecular weight is 266 g/mol. The summed E-state index contributed by atoms with van der Waals surface area (Å²) in [6, 6.07) is 6.66. The standard InChI is InChI=1S/C14H20ClN3/c15-14-6-3-4-12(16-14)10-17-8-9-18-7-2-1-5-13(18)11-17/h3-4,6,13H,1-2,5,7-11H2/t13-/m1/s1. The van der Waals surface area contributed by atoms with Crippen LogP contribution in [0, 0.1) is 0 Å². The predicted molar refractivity (Wildman–Crippen MR) is 73.7 cm³/mol. The molecule has 0 bridgehead atoms. The Hall–Kier alpha value is -0.640. The lowest BCUT2D eigenvalue weighted by molar-refractivity contribution is 0.0451. The molecule has 1 atom stereocenters. The van der Waals surface area contributed by atoms with Gasteiger partial charge in [-0.2, -0.15) is 0 Å². The molecule has 3 nitrogen and oxygen atoms in total. The monoisotopic (exact) mass is 265 g/mol. The average Bonchev–Trinajstić information content (AvgIpc) is 2.39. The van der Waals surface area contributed by atoms with Crippen molar-refractivity contribution in [3.8, 4) is 0 Å². The van der Waals surface area contributed by atoms with Gasteiger partial charge < -0.3 is 0 Å². The van der Waals surface area contributed by atoms with Gasteiger partial charge in [-0.1, -0.05) is 24.1 Å². The lowest BCUT2D eigenvalue weighted by Gasteiger charge is -2.44. The highest BCUT2D eigenvalue weighted by Gasteiger charge is 2.28. The Morgan fingerprint density at radius 3 is 3.06 bits per heavy atom. The van der Waals surface area contributed by atoms with Crippen LogP contribution in [-0.4, -0.2) is 47.0 Å². The maximum absolute atomic E-state index is 5.94. The molecule has 0 radical (unpaired) electrons. The summed E-state index contributed by atoms with van der Waals surface area (Å²) < 4.78 is 0. The molecule has 1 aromatic rings. The number of rotatable bonds is 2. The van der Waals surface area contributed by atoms with E-state index in [0.717, 1.165) is 24.8 Å². The SMILES string of the molecule is Clc1cccc(CN2CCN3CCCC[C@@H]3C2)n1. The molecule has 2 saturated heterocycles. The van der Waals surface area contributed by atoms with Gasteiger partial charge in [0.2, 0.25) is 0 Å². The van der Waals surface area contributed by atoms with Crippen LogP contribution in [0.4, 0.5) is 0 Å². The molecule has 0 unspecified atom stereocenters. The van der Waals surface area contributed by atoms with Gasteiger partial charge in [0.1, 0.15) is 5.15 Å². The molecule has 18 heavy (non-hydrogen) atoms. The van der Waals surface area contributed by atoms with Gasteiger partial charge in [0.15, 0.2) is 0 Å². The second-order valence-electron chi connectivity index (χ2n) is 5.37. The van der Waals surface area contributed by atoms with Gasteiger partial charge in [-0.05, 0) is 31.5 Å². The van der Waals surface area contributed by atoms with Gasteiger partial charge in [0.05, 0.1) is 5.69 Å². The summed E-state index contributed by atoms with van der Waals surface area (Å²) in [5, 5.41) is 0.601. The zero-order chi connectivity index (χ0) is 12.4. The highest BCUT2D eigenvalue weighted by molar-refractivity contribution is 6.29. The van der Waals surface area contributed by atoms with E-state index in [0.29, 0.717) is 5.15 Å². The number of aromatic nitrogens is 1. The highest BCUT2D eigenvalue weighted by atomic mass is 35.5. The van der Waals surface area contributed by atoms with Crippen LogP contribution in [0.3, 0.4) is 0 Å². The molecule has 3 rings (SSSR count). The van der Waals surface area contributed by atoms with E-state index in [1.165, 1.54) is 38.9 Å². The van der Waals surface area contributed by atoms with Crippen LogP contribution in [-0.2, 0) is 6.54 Å². The molecule has 2 fully saturated rings. The van der Waals surface area contributed by atoms with Crippen molar-refractivity contribution in [2.75, 3.05) is 26.2 Å². The molecule has 0 spiro atoms. The van der Waals surface area contributed by atoms with E-state index in [9.17, 15) is 0 Å². The van der Waals surface area contributed by atoms with E-state index in [1.54, 1.807) is 0 Å². The Morgan fingerprint density at radius 1 is 1.22 bits per heavy atom. The third kappa shape index (κ3) is 2.85. The van der Waals surface area contributed by atoms with E-state index in [2.05, 4.69) is 20.9 Å². The van der Waals surface area contributed by atoms with Crippen LogP contribution >= 0.6 is 11.6 Å². The van der Waals surface area contributed by atoms with Crippen LogP contribution in [0.15, 0.2) is 18.2 Å². The number of piperidine rings is 1. The molecule has 98 valence electrons. The number of hydrogen-bond acceptors (Lipinski definition) is 3. The molecule has 4 heteroatoms. The number of piperazine rings is 1. The van der Waals surface area contributed by atoms with E-state index >= 15 is 0 Å². The van der Waals surface area contributed by atoms with Crippen LogP contribution < -0.4 is 0 Å². The highest BCUT2D eigenvalue weighted by Crippen LogP contribution is 2.22. The molecule has 0 N–H and O–H groups in total. The van der Waals surface area contributed by atoms with Crippen molar-refractivity contribution in [3.63, 3.8) is 0 Å². The largest absolute Gasteiger partial charge is 0.298 e. The van der Waals surface area contributed by atoms with Crippen molar-refractivity contribution in [1.29, 1.82) is 0 Å². The molecule has 0 aliphatic carbocycles. The van der Waals surface area contributed by atoms with Gasteiger partial charge in [-0.15, -0.1) is 0 Å². The molecule has 0 aromatic carbocycles. The van der Waals surface area contributed by atoms with Gasteiger partial charge in [0.25, 0.3) is 0 Å². The summed E-state index contributed by atoms with van der Waals surface area (Å²) in [5.74, 6) is 0. The van der Waals surface area contributed by atoms with Crippen molar-refractivity contribution in [2.45, 2.75) is 31.8 Å². The predicted octanol–water partition coefficient (Wildman–Crippen LogP) is 2.41. The fourth-order valence-electron chi connectivity index (χ4n) is 3.13. The van der Waals surface area contributed by atoms with E-state index in [-0.39, 0.29) is 0 Å². The summed E-state index contributed by atoms with van der Waals surface area (Å²) in [5.41, 5.74) is 1.09. The molecular formula is C14H20ClN3. The van der Waals surface area contributed by atoms with Crippen molar-refractivity contribution in [3.05, 3.63) is 29.0 Å². The number of halogens is 1. The minimum atomic E-state index is 0.601. The molecule has 2 aliphatic heterocycles. The minimum absolute atomic E-state index is 0.601. The normalized spacial score (nSPS) is 25.9. The number of hydrogen-bond donors (Lipinski definition) is 0. The fraction of sp³-hybridized carbons (Fsp3) is 0.643. The van der Waals surface area contributed by atoms with Crippen LogP contribution in [0.1, 0.15) is 25.0 Å². The van der Waals surface area contributed by atoms with Crippen molar-refractivity contribution < 1.29 is 0 Å². The van der Waals surface area contributed by atoms with Crippen LogP contribution in [0.2, 0.25) is 5.15 Å². The Balaban J connectivity index is 1.61. The Labute approximate surface area is 114 Å². The summed E-state index contributed by atoms with van der Waals surface area (Å²) in [6.45, 7) is 5.79. The first-order valence-corrected chi connectivity index (χ1v) is 7.27. The number of fused-ring (bicyclic) bond motifs is 1. The number of pyridine rings is 1. The topological polar surface area (TPSA) is 19.4 Å². The molecule has 3 heterocycles. The Kier molecular flexibility index (Phi) is 3.83. The molecule has 0 amide bonds. The lowest BCUT2D eigenvalue weighted by Crippen LogP contribution is -2.54. The van der Waals surface area contributed by atoms with Gasteiger partial charge in [0, 0.05) is 32.2 Å². The van der Waals surface area contributed by atoms with Crippen molar-refractivity contribution >= 4 is 11.6 Å². The number of nitrogens with zero attached hydrogens (tertiary/aromatic N) is 3. The summed E-state index contributed by atoms with van der Waals surface area (Å²) >= 11 is 5.94. The lowest BCUT2D eigenvalue weighted by atomic mass is 9.99. The second kappa shape index (κ2) is 5.55. The van der Waals surface area contributed by atoms with Gasteiger partial charge >= 0.3 is 0 Å². The van der Waals surface area contributed by atoms with Crippen LogP contribution in [0.5, 0.6) is 0 Å². The summed E-state index contributed by atoms with van der Waals surface area (Å²) in [7, 11) is 0. The van der Waals surface area contributed by atoms with Gasteiger partial charge in [-0.3, -0.25) is 9.80 Å². The van der Waals surface area contributed by atoms with E-state index in [1.807, 2.05) is 12.1 Å². The second-order valence-corrected chi connectivity index (χ2v) is 5.76. The van der Waals surface area contributed by atoms with Crippen molar-refractivity contribution in [1.82, 2.24) is 14.8 Å². The summed E-state index contributed by atoms with van der Waals surface area (Å²) in [4.78, 5) is 9.56. The molecule has 0 saturated carbocycles. The third-order valence-corrected chi connectivity index (χ3v) is 4.29. The smallest absolute Gasteiger partial charge is 0.129 e. The Bertz CT molecular complexity index is 410. The first-order valence-electron chi connectivity index (χ1n) is 6.89. The Morgan fingerprint density at radius 2 is 2.17 bits per heavy atom. The maximum atomic E-state index is 5.94. The molecule has 1 aromatic heterocycles. The zero-order valence-corrected chi connectivity index (χ0v) is 11.4. The van der Waals surface area contributed by atoms with E-state index in [4.69, 9.17) is 11.6 Å². The first-order chi connectivity index (χ1) is 8.81. The summed E-state index contributed by atoms with van der Waals surface area (Å²) in [6.07, 6.45) is 4.14. The third-order valence-electron chi connectivity index (χ3n) is 4.08. The van der Waals surface area contributed by atoms with Crippen LogP contribution in [0.25, 0.3) is 0 Å². The zero-order valence-electron chi connectivity index (χ0n) is 10.7. The van der Waals surface area contributed by atoms with Gasteiger partial charge in [-0.25, -0.2) is 4.98 Å². The molecular weight excluding hydrogens is 246 g/mol. The quantitative estimate of drug-likeness (QED) is 0.766. The fourth-order valence-corrected chi connectivity index (χ4v) is 3.31. The first kappa shape index (κ1) is 12.4. The van der Waals surface area contributed by atoms with E-state index < -0.39 is 0 Å². The minimum Gasteiger partial charge on any atom is -0.298 e. The maximum Gasteiger partial charge on any atom is 0.129 e.